The van der Waals surface area contributed by atoms with Gasteiger partial charge in [0.15, 0.2) is 5.60 Å². The van der Waals surface area contributed by atoms with E-state index in [-0.39, 0.29) is 12.0 Å². The van der Waals surface area contributed by atoms with E-state index in [4.69, 9.17) is 4.74 Å². The van der Waals surface area contributed by atoms with Crippen LogP contribution in [0.25, 0.3) is 0 Å². The predicted octanol–water partition coefficient (Wildman–Crippen LogP) is 1.16. The molecule has 2 N–H and O–H groups in total. The number of ether oxygens (including phenoxy) is 1. The summed E-state index contributed by atoms with van der Waals surface area (Å²) in [5.41, 5.74) is -0.524. The van der Waals surface area contributed by atoms with Gasteiger partial charge >= 0.3 is 6.09 Å². The van der Waals surface area contributed by atoms with E-state index in [2.05, 4.69) is 22.3 Å². The molecule has 0 aliphatic carbocycles. The van der Waals surface area contributed by atoms with Crippen molar-refractivity contribution in [1.82, 2.24) is 15.1 Å². The van der Waals surface area contributed by atoms with Gasteiger partial charge in [-0.3, -0.25) is 9.69 Å². The number of benzene rings is 1. The monoisotopic (exact) mass is 387 g/mol. The number of hydrogen-bond acceptors (Lipinski definition) is 5. The van der Waals surface area contributed by atoms with Crippen molar-refractivity contribution in [3.8, 4) is 0 Å². The Labute approximate surface area is 165 Å². The topological polar surface area (TPSA) is 82.1 Å². The summed E-state index contributed by atoms with van der Waals surface area (Å²) in [7, 11) is 0. The van der Waals surface area contributed by atoms with Gasteiger partial charge in [-0.15, -0.1) is 0 Å². The molecule has 152 valence electrons. The molecular formula is C21H29N3O4. The molecule has 2 amide bonds. The van der Waals surface area contributed by atoms with Gasteiger partial charge in [-0.05, 0) is 24.8 Å². The summed E-state index contributed by atoms with van der Waals surface area (Å²) in [5.74, 6) is -0.149. The van der Waals surface area contributed by atoms with Crippen LogP contribution >= 0.6 is 0 Å². The van der Waals surface area contributed by atoms with E-state index in [0.29, 0.717) is 45.7 Å². The van der Waals surface area contributed by atoms with Gasteiger partial charge in [0.25, 0.3) is 5.91 Å². The van der Waals surface area contributed by atoms with Crippen LogP contribution in [0.4, 0.5) is 4.79 Å². The summed E-state index contributed by atoms with van der Waals surface area (Å²) < 4.78 is 5.45. The number of carbonyl (C=O) groups excluding carboxylic acids is 2. The summed E-state index contributed by atoms with van der Waals surface area (Å²) in [5, 5.41) is 13.9. The van der Waals surface area contributed by atoms with Gasteiger partial charge < -0.3 is 20.1 Å². The third-order valence-corrected chi connectivity index (χ3v) is 6.33. The lowest BCUT2D eigenvalue weighted by atomic mass is 9.87. The Kier molecular flexibility index (Phi) is 5.29. The van der Waals surface area contributed by atoms with Crippen LogP contribution in [0.5, 0.6) is 0 Å². The van der Waals surface area contributed by atoms with E-state index in [1.54, 1.807) is 0 Å². The minimum atomic E-state index is -1.32. The first-order chi connectivity index (χ1) is 13.5. The summed E-state index contributed by atoms with van der Waals surface area (Å²) in [6.07, 6.45) is 3.24. The minimum Gasteiger partial charge on any atom is -0.441 e. The zero-order valence-electron chi connectivity index (χ0n) is 16.2. The van der Waals surface area contributed by atoms with Crippen LogP contribution in [-0.4, -0.2) is 77.4 Å². The molecule has 4 rings (SSSR count). The minimum absolute atomic E-state index is 0.149. The fraction of sp³-hybridized carbons (Fsp3) is 0.619. The van der Waals surface area contributed by atoms with E-state index in [9.17, 15) is 14.7 Å². The molecule has 7 heteroatoms. The van der Waals surface area contributed by atoms with Crippen molar-refractivity contribution in [2.24, 2.45) is 0 Å². The zero-order chi connectivity index (χ0) is 19.6. The lowest BCUT2D eigenvalue weighted by molar-refractivity contribution is -0.160. The number of β-amino-alcohol motifs (C(OH)–C–C–N with tert-alkyl or cyclic N) is 1. The van der Waals surface area contributed by atoms with Crippen molar-refractivity contribution >= 4 is 12.0 Å². The Balaban J connectivity index is 1.32. The van der Waals surface area contributed by atoms with E-state index < -0.39 is 11.2 Å². The van der Waals surface area contributed by atoms with Gasteiger partial charge in [-0.2, -0.15) is 0 Å². The van der Waals surface area contributed by atoms with Crippen LogP contribution in [0.15, 0.2) is 30.3 Å². The lowest BCUT2D eigenvalue weighted by Gasteiger charge is -2.43. The highest BCUT2D eigenvalue weighted by atomic mass is 16.6. The van der Waals surface area contributed by atoms with Crippen LogP contribution in [0.3, 0.4) is 0 Å². The van der Waals surface area contributed by atoms with Gasteiger partial charge in [-0.1, -0.05) is 30.3 Å². The molecule has 3 aliphatic rings. The number of piperidine rings is 2. The molecule has 0 radical (unpaired) electrons. The second-order valence-corrected chi connectivity index (χ2v) is 8.37. The van der Waals surface area contributed by atoms with Crippen molar-refractivity contribution in [3.05, 3.63) is 35.9 Å². The van der Waals surface area contributed by atoms with E-state index in [1.165, 1.54) is 5.56 Å². The molecule has 0 unspecified atom stereocenters. The Hall–Kier alpha value is -2.12. The number of hydrogen-bond donors (Lipinski definition) is 2. The first kappa shape index (κ1) is 19.2. The molecule has 1 spiro atoms. The van der Waals surface area contributed by atoms with Crippen molar-refractivity contribution in [2.75, 3.05) is 39.3 Å². The van der Waals surface area contributed by atoms with Gasteiger partial charge in [0.1, 0.15) is 5.60 Å². The molecule has 28 heavy (non-hydrogen) atoms. The number of amides is 2. The van der Waals surface area contributed by atoms with Crippen LogP contribution in [0.1, 0.15) is 31.2 Å². The van der Waals surface area contributed by atoms with E-state index >= 15 is 0 Å². The maximum atomic E-state index is 13.0. The maximum Gasteiger partial charge on any atom is 0.407 e. The number of nitrogens with zero attached hydrogens (tertiary/aromatic N) is 2. The van der Waals surface area contributed by atoms with Gasteiger partial charge in [0.05, 0.1) is 6.54 Å². The average Bonchev–Trinajstić information content (AvgIpc) is 3.06. The molecule has 3 fully saturated rings. The van der Waals surface area contributed by atoms with E-state index in [1.807, 2.05) is 23.1 Å². The van der Waals surface area contributed by atoms with Crippen molar-refractivity contribution in [1.29, 1.82) is 0 Å². The van der Waals surface area contributed by atoms with Crippen molar-refractivity contribution in [2.45, 2.75) is 43.3 Å². The molecule has 1 aromatic carbocycles. The Bertz CT molecular complexity index is 718. The van der Waals surface area contributed by atoms with Crippen molar-refractivity contribution in [3.63, 3.8) is 0 Å². The van der Waals surface area contributed by atoms with E-state index in [0.717, 1.165) is 25.7 Å². The fourth-order valence-corrected chi connectivity index (χ4v) is 4.60. The fourth-order valence-electron chi connectivity index (χ4n) is 4.60. The lowest BCUT2D eigenvalue weighted by Crippen LogP contribution is -2.60. The quantitative estimate of drug-likeness (QED) is 0.792. The van der Waals surface area contributed by atoms with Gasteiger partial charge in [-0.25, -0.2) is 4.79 Å². The number of carbonyl (C=O) groups is 2. The molecule has 3 saturated heterocycles. The molecule has 1 aromatic rings. The summed E-state index contributed by atoms with van der Waals surface area (Å²) in [6.45, 7) is 3.68. The highest BCUT2D eigenvalue weighted by molar-refractivity contribution is 5.86. The number of aliphatic hydroxyl groups is 1. The second kappa shape index (κ2) is 7.72. The third kappa shape index (κ3) is 4.00. The average molecular weight is 387 g/mol. The van der Waals surface area contributed by atoms with Crippen LogP contribution < -0.4 is 5.32 Å². The normalized spacial score (nSPS) is 27.7. The summed E-state index contributed by atoms with van der Waals surface area (Å²) in [4.78, 5) is 28.3. The van der Waals surface area contributed by atoms with Gasteiger partial charge in [0.2, 0.25) is 0 Å². The smallest absolute Gasteiger partial charge is 0.407 e. The first-order valence-electron chi connectivity index (χ1n) is 10.2. The van der Waals surface area contributed by atoms with Gasteiger partial charge in [0, 0.05) is 45.6 Å². The largest absolute Gasteiger partial charge is 0.441 e. The highest BCUT2D eigenvalue weighted by Gasteiger charge is 2.47. The molecule has 3 heterocycles. The molecule has 0 aromatic heterocycles. The Morgan fingerprint density at radius 1 is 1.07 bits per heavy atom. The zero-order valence-corrected chi connectivity index (χ0v) is 16.2. The first-order valence-corrected chi connectivity index (χ1v) is 10.2. The number of alkyl carbamates (subject to hydrolysis) is 1. The number of nitrogens with one attached hydrogen (secondary N) is 1. The molecular weight excluding hydrogens is 358 g/mol. The molecule has 0 bridgehead atoms. The third-order valence-electron chi connectivity index (χ3n) is 6.33. The summed E-state index contributed by atoms with van der Waals surface area (Å²) in [6, 6.07) is 10.1. The van der Waals surface area contributed by atoms with Crippen LogP contribution in [0, 0.1) is 0 Å². The number of rotatable bonds is 5. The van der Waals surface area contributed by atoms with Crippen LogP contribution in [0.2, 0.25) is 0 Å². The molecule has 0 saturated carbocycles. The standard InChI is InChI=1S/C21H29N3O4/c25-18-21(27,8-4-11-24(18)12-7-17-5-2-1-3-6-17)16-23-13-9-20(10-14-23)15-22-19(26)28-20/h1-3,5-6,27H,4,7-16H2,(H,22,26)/t21-/m0/s1. The second-order valence-electron chi connectivity index (χ2n) is 8.37. The molecule has 3 aliphatic heterocycles. The molecule has 7 nitrogen and oxygen atoms in total. The highest BCUT2D eigenvalue weighted by Crippen LogP contribution is 2.31. The Morgan fingerprint density at radius 2 is 1.82 bits per heavy atom. The predicted molar refractivity (Wildman–Crippen MR) is 104 cm³/mol. The maximum absolute atomic E-state index is 13.0. The molecule has 1 atom stereocenters. The van der Waals surface area contributed by atoms with Crippen LogP contribution in [-0.2, 0) is 16.0 Å². The summed E-state index contributed by atoms with van der Waals surface area (Å²) >= 11 is 0. The SMILES string of the molecule is O=C1NCC2(CCN(C[C@@]3(O)CCCN(CCc4ccccc4)C3=O)CC2)O1. The Morgan fingerprint density at radius 3 is 2.50 bits per heavy atom. The number of likely N-dealkylation sites (tertiary alicyclic amines) is 2. The van der Waals surface area contributed by atoms with Crippen molar-refractivity contribution < 1.29 is 19.4 Å².